The molecule has 1 rings (SSSR count). The first-order chi connectivity index (χ1) is 6.24. The first-order valence-corrected chi connectivity index (χ1v) is 4.53. The lowest BCUT2D eigenvalue weighted by atomic mass is 9.97. The second-order valence-corrected chi connectivity index (χ2v) is 4.04. The number of hydrogen-bond acceptors (Lipinski definition) is 2. The summed E-state index contributed by atoms with van der Waals surface area (Å²) in [6.07, 6.45) is -4.78. The van der Waals surface area contributed by atoms with Gasteiger partial charge < -0.3 is 9.90 Å². The molecule has 2 unspecified atom stereocenters. The van der Waals surface area contributed by atoms with Gasteiger partial charge in [-0.05, 0) is 32.1 Å². The SMILES string of the molecule is CC(=O)CC1CCC(O)(C(F)(F)F)C1. The highest BCUT2D eigenvalue weighted by Gasteiger charge is 2.57. The van der Waals surface area contributed by atoms with Crippen LogP contribution in [0, 0.1) is 5.92 Å². The van der Waals surface area contributed by atoms with Crippen LogP contribution in [0.1, 0.15) is 32.6 Å². The molecule has 1 N–H and O–H groups in total. The van der Waals surface area contributed by atoms with Crippen molar-refractivity contribution >= 4 is 5.78 Å². The fraction of sp³-hybridized carbons (Fsp3) is 0.889. The van der Waals surface area contributed by atoms with Gasteiger partial charge >= 0.3 is 6.18 Å². The van der Waals surface area contributed by atoms with Crippen LogP contribution in [-0.4, -0.2) is 22.7 Å². The molecule has 0 aromatic heterocycles. The van der Waals surface area contributed by atoms with Crippen molar-refractivity contribution in [2.24, 2.45) is 5.92 Å². The topological polar surface area (TPSA) is 37.3 Å². The number of hydrogen-bond donors (Lipinski definition) is 1. The quantitative estimate of drug-likeness (QED) is 0.757. The van der Waals surface area contributed by atoms with Crippen molar-refractivity contribution in [2.45, 2.75) is 44.4 Å². The van der Waals surface area contributed by atoms with Gasteiger partial charge in [0, 0.05) is 6.42 Å². The standard InChI is InChI=1S/C9H13F3O2/c1-6(13)4-7-2-3-8(14,5-7)9(10,11)12/h7,14H,2-5H2,1H3. The Kier molecular flexibility index (Phi) is 2.90. The van der Waals surface area contributed by atoms with Crippen LogP contribution in [0.25, 0.3) is 0 Å². The monoisotopic (exact) mass is 210 g/mol. The van der Waals surface area contributed by atoms with E-state index in [0.717, 1.165) is 0 Å². The molecule has 0 aromatic rings. The molecule has 5 heteroatoms. The van der Waals surface area contributed by atoms with Crippen molar-refractivity contribution in [3.05, 3.63) is 0 Å². The van der Waals surface area contributed by atoms with Gasteiger partial charge in [-0.3, -0.25) is 0 Å². The van der Waals surface area contributed by atoms with E-state index in [1.807, 2.05) is 0 Å². The summed E-state index contributed by atoms with van der Waals surface area (Å²) in [7, 11) is 0. The normalized spacial score (nSPS) is 33.4. The second-order valence-electron chi connectivity index (χ2n) is 4.04. The predicted molar refractivity (Wildman–Crippen MR) is 43.6 cm³/mol. The fourth-order valence-electron chi connectivity index (χ4n) is 1.96. The van der Waals surface area contributed by atoms with Crippen molar-refractivity contribution in [1.29, 1.82) is 0 Å². The lowest BCUT2D eigenvalue weighted by Crippen LogP contribution is -2.42. The van der Waals surface area contributed by atoms with E-state index in [1.165, 1.54) is 6.92 Å². The lowest BCUT2D eigenvalue weighted by molar-refractivity contribution is -0.258. The van der Waals surface area contributed by atoms with Gasteiger partial charge in [-0.2, -0.15) is 13.2 Å². The Bertz CT molecular complexity index is 237. The Labute approximate surface area is 80.1 Å². The molecule has 0 saturated heterocycles. The summed E-state index contributed by atoms with van der Waals surface area (Å²) in [5.74, 6) is -0.444. The third-order valence-electron chi connectivity index (χ3n) is 2.70. The number of rotatable bonds is 2. The molecular formula is C9H13F3O2. The molecular weight excluding hydrogens is 197 g/mol. The van der Waals surface area contributed by atoms with Gasteiger partial charge in [-0.25, -0.2) is 0 Å². The van der Waals surface area contributed by atoms with E-state index < -0.39 is 11.8 Å². The molecule has 2 atom stereocenters. The van der Waals surface area contributed by atoms with E-state index in [9.17, 15) is 23.1 Å². The fourth-order valence-corrected chi connectivity index (χ4v) is 1.96. The van der Waals surface area contributed by atoms with Gasteiger partial charge in [0.15, 0.2) is 5.60 Å². The number of carbonyl (C=O) groups is 1. The van der Waals surface area contributed by atoms with Crippen LogP contribution in [0.2, 0.25) is 0 Å². The minimum Gasteiger partial charge on any atom is -0.380 e. The number of aliphatic hydroxyl groups is 1. The van der Waals surface area contributed by atoms with Gasteiger partial charge in [0.2, 0.25) is 0 Å². The van der Waals surface area contributed by atoms with Crippen LogP contribution >= 0.6 is 0 Å². The van der Waals surface area contributed by atoms with Crippen LogP contribution < -0.4 is 0 Å². The molecule has 14 heavy (non-hydrogen) atoms. The minimum absolute atomic E-state index is 0.124. The summed E-state index contributed by atoms with van der Waals surface area (Å²) in [4.78, 5) is 10.7. The number of ketones is 1. The van der Waals surface area contributed by atoms with E-state index in [2.05, 4.69) is 0 Å². The van der Waals surface area contributed by atoms with E-state index in [-0.39, 0.29) is 37.4 Å². The molecule has 0 spiro atoms. The van der Waals surface area contributed by atoms with E-state index in [1.54, 1.807) is 0 Å². The summed E-state index contributed by atoms with van der Waals surface area (Å²) in [5, 5.41) is 9.27. The van der Waals surface area contributed by atoms with Crippen molar-refractivity contribution in [3.63, 3.8) is 0 Å². The Morgan fingerprint density at radius 2 is 2.14 bits per heavy atom. The largest absolute Gasteiger partial charge is 0.417 e. The first-order valence-electron chi connectivity index (χ1n) is 4.53. The maximum absolute atomic E-state index is 12.3. The molecule has 0 amide bonds. The molecule has 0 aliphatic heterocycles. The molecule has 1 saturated carbocycles. The van der Waals surface area contributed by atoms with E-state index in [4.69, 9.17) is 0 Å². The highest BCUT2D eigenvalue weighted by molar-refractivity contribution is 5.75. The molecule has 82 valence electrons. The van der Waals surface area contributed by atoms with Crippen LogP contribution in [0.15, 0.2) is 0 Å². The summed E-state index contributed by atoms with van der Waals surface area (Å²) < 4.78 is 37.0. The smallest absolute Gasteiger partial charge is 0.380 e. The minimum atomic E-state index is -4.57. The molecule has 0 aromatic carbocycles. The van der Waals surface area contributed by atoms with E-state index in [0.29, 0.717) is 0 Å². The second kappa shape index (κ2) is 3.53. The zero-order chi connectivity index (χ0) is 11.0. The van der Waals surface area contributed by atoms with Gasteiger partial charge in [0.1, 0.15) is 5.78 Å². The Morgan fingerprint density at radius 3 is 2.50 bits per heavy atom. The Morgan fingerprint density at radius 1 is 1.57 bits per heavy atom. The number of carbonyl (C=O) groups excluding carboxylic acids is 1. The zero-order valence-electron chi connectivity index (χ0n) is 7.90. The number of halogens is 3. The van der Waals surface area contributed by atoms with Crippen molar-refractivity contribution < 1.29 is 23.1 Å². The summed E-state index contributed by atoms with van der Waals surface area (Å²) >= 11 is 0. The van der Waals surface area contributed by atoms with Crippen molar-refractivity contribution in [2.75, 3.05) is 0 Å². The molecule has 0 heterocycles. The lowest BCUT2D eigenvalue weighted by Gasteiger charge is -2.25. The number of Topliss-reactive ketones (excluding diaryl/α,β-unsaturated/α-hetero) is 1. The third kappa shape index (κ3) is 2.26. The molecule has 1 fully saturated rings. The van der Waals surface area contributed by atoms with Crippen molar-refractivity contribution in [3.8, 4) is 0 Å². The average molecular weight is 210 g/mol. The maximum Gasteiger partial charge on any atom is 0.417 e. The van der Waals surface area contributed by atoms with Gasteiger partial charge in [0.25, 0.3) is 0 Å². The van der Waals surface area contributed by atoms with E-state index >= 15 is 0 Å². The third-order valence-corrected chi connectivity index (χ3v) is 2.70. The molecule has 1 aliphatic carbocycles. The average Bonchev–Trinajstić information content (AvgIpc) is 2.30. The van der Waals surface area contributed by atoms with Crippen LogP contribution in [0.4, 0.5) is 13.2 Å². The maximum atomic E-state index is 12.3. The van der Waals surface area contributed by atoms with Gasteiger partial charge in [-0.1, -0.05) is 0 Å². The first kappa shape index (κ1) is 11.5. The van der Waals surface area contributed by atoms with Crippen LogP contribution in [0.3, 0.4) is 0 Å². The Hall–Kier alpha value is -0.580. The zero-order valence-corrected chi connectivity index (χ0v) is 7.90. The summed E-state index contributed by atoms with van der Waals surface area (Å²) in [5.41, 5.74) is -2.56. The van der Waals surface area contributed by atoms with Crippen LogP contribution in [-0.2, 0) is 4.79 Å². The molecule has 2 nitrogen and oxygen atoms in total. The Balaban J connectivity index is 2.60. The molecule has 1 aliphatic rings. The van der Waals surface area contributed by atoms with Crippen LogP contribution in [0.5, 0.6) is 0 Å². The predicted octanol–water partition coefficient (Wildman–Crippen LogP) is 2.06. The molecule has 0 radical (unpaired) electrons. The summed E-state index contributed by atoms with van der Waals surface area (Å²) in [6, 6.07) is 0. The van der Waals surface area contributed by atoms with Gasteiger partial charge in [0.05, 0.1) is 0 Å². The highest BCUT2D eigenvalue weighted by atomic mass is 19.4. The highest BCUT2D eigenvalue weighted by Crippen LogP contribution is 2.46. The van der Waals surface area contributed by atoms with Gasteiger partial charge in [-0.15, -0.1) is 0 Å². The summed E-state index contributed by atoms with van der Waals surface area (Å²) in [6.45, 7) is 1.35. The molecule has 0 bridgehead atoms. The van der Waals surface area contributed by atoms with Crippen molar-refractivity contribution in [1.82, 2.24) is 0 Å². The number of alkyl halides is 3.